The van der Waals surface area contributed by atoms with E-state index in [2.05, 4.69) is 73.0 Å². The first-order valence-corrected chi connectivity index (χ1v) is 17.1. The van der Waals surface area contributed by atoms with Crippen LogP contribution in [0.1, 0.15) is 117 Å². The van der Waals surface area contributed by atoms with Crippen LogP contribution in [0.4, 0.5) is 22.7 Å². The average Bonchev–Trinajstić information content (AvgIpc) is 3.02. The van der Waals surface area contributed by atoms with Gasteiger partial charge >= 0.3 is 0 Å². The summed E-state index contributed by atoms with van der Waals surface area (Å²) in [4.78, 5) is 0. The van der Waals surface area contributed by atoms with Crippen LogP contribution in [0.15, 0.2) is 48.5 Å². The highest BCUT2D eigenvalue weighted by molar-refractivity contribution is 6.34. The van der Waals surface area contributed by atoms with Crippen molar-refractivity contribution in [2.75, 3.05) is 35.2 Å². The number of nitrogens with one attached hydrogen (secondary N) is 2. The van der Waals surface area contributed by atoms with Crippen molar-refractivity contribution in [2.45, 2.75) is 117 Å². The second-order valence-corrected chi connectivity index (χ2v) is 12.2. The minimum absolute atomic E-state index is 0.668. The van der Waals surface area contributed by atoms with E-state index in [1.54, 1.807) is 0 Å². The van der Waals surface area contributed by atoms with E-state index in [1.807, 2.05) is 0 Å². The molecule has 42 heavy (non-hydrogen) atoms. The molecule has 0 aromatic heterocycles. The fraction of sp³-hybridized carbons (Fsp3) is 0.526. The Morgan fingerprint density at radius 1 is 0.429 bits per heavy atom. The molecule has 228 valence electrons. The summed E-state index contributed by atoms with van der Waals surface area (Å²) in [5.74, 6) is 0. The summed E-state index contributed by atoms with van der Waals surface area (Å²) in [6.45, 7) is 6.36. The molecule has 0 bridgehead atoms. The zero-order valence-electron chi connectivity index (χ0n) is 26.5. The van der Waals surface area contributed by atoms with Gasteiger partial charge in [0, 0.05) is 23.9 Å². The van der Waals surface area contributed by atoms with Crippen molar-refractivity contribution in [1.82, 2.24) is 0 Å². The number of unbranched alkanes of at least 4 members (excludes halogenated alkanes) is 14. The number of fused-ring (bicyclic) bond motifs is 6. The standard InChI is InChI=1S/C38H56N4/c1-3-5-7-9-11-13-15-21-27-41-37-33-31-25-19-17-23-29(31)30-24-18-20-26-32(30)34(33)38(36(40)35(37)39)42-28-22-16-14-12-10-8-6-4-2/h17-20,23-26,41-42H,3-16,21-22,27-28,39-40H2,1-2H3. The van der Waals surface area contributed by atoms with Crippen LogP contribution in [0.25, 0.3) is 32.3 Å². The molecule has 0 radical (unpaired) electrons. The number of nitrogen functional groups attached to an aromatic ring is 2. The van der Waals surface area contributed by atoms with Gasteiger partial charge in [-0.25, -0.2) is 0 Å². The molecule has 0 amide bonds. The fourth-order valence-electron chi connectivity index (χ4n) is 6.51. The van der Waals surface area contributed by atoms with Crippen LogP contribution in [0.2, 0.25) is 0 Å². The number of benzene rings is 4. The number of anilines is 4. The van der Waals surface area contributed by atoms with Crippen LogP contribution in [-0.2, 0) is 0 Å². The van der Waals surface area contributed by atoms with Gasteiger partial charge in [-0.05, 0) is 34.4 Å². The molecule has 0 aliphatic rings. The Morgan fingerprint density at radius 3 is 1.10 bits per heavy atom. The molecule has 0 aliphatic heterocycles. The maximum Gasteiger partial charge on any atom is 0.0811 e. The van der Waals surface area contributed by atoms with Gasteiger partial charge in [0.2, 0.25) is 0 Å². The van der Waals surface area contributed by atoms with E-state index in [1.165, 1.54) is 122 Å². The molecule has 0 unspecified atom stereocenters. The monoisotopic (exact) mass is 568 g/mol. The van der Waals surface area contributed by atoms with E-state index in [4.69, 9.17) is 11.5 Å². The molecule has 4 heteroatoms. The summed E-state index contributed by atoms with van der Waals surface area (Å²) < 4.78 is 0. The average molecular weight is 569 g/mol. The Bertz CT molecular complexity index is 1290. The van der Waals surface area contributed by atoms with Crippen LogP contribution in [0.3, 0.4) is 0 Å². The van der Waals surface area contributed by atoms with Gasteiger partial charge in [-0.2, -0.15) is 0 Å². The van der Waals surface area contributed by atoms with Crippen molar-refractivity contribution < 1.29 is 0 Å². The maximum absolute atomic E-state index is 6.88. The summed E-state index contributed by atoms with van der Waals surface area (Å²) in [6, 6.07) is 17.5. The Labute approximate surface area is 255 Å². The molecule has 4 nitrogen and oxygen atoms in total. The maximum atomic E-state index is 6.88. The van der Waals surface area contributed by atoms with Gasteiger partial charge in [0.15, 0.2) is 0 Å². The lowest BCUT2D eigenvalue weighted by atomic mass is 9.91. The highest BCUT2D eigenvalue weighted by Gasteiger charge is 2.21. The summed E-state index contributed by atoms with van der Waals surface area (Å²) in [5, 5.41) is 14.9. The van der Waals surface area contributed by atoms with Gasteiger partial charge in [-0.15, -0.1) is 0 Å². The third-order valence-corrected chi connectivity index (χ3v) is 8.93. The zero-order valence-corrected chi connectivity index (χ0v) is 26.5. The molecule has 0 saturated carbocycles. The molecular weight excluding hydrogens is 512 g/mol. The van der Waals surface area contributed by atoms with Crippen molar-refractivity contribution in [3.8, 4) is 0 Å². The summed E-state index contributed by atoms with van der Waals surface area (Å²) in [6.07, 6.45) is 20.9. The largest absolute Gasteiger partial charge is 0.395 e. The SMILES string of the molecule is CCCCCCCCCCNc1c(N)c(N)c(NCCCCCCCCCC)c2c3ccccc3c3ccccc3c12. The number of nitrogens with two attached hydrogens (primary N) is 2. The van der Waals surface area contributed by atoms with Crippen LogP contribution in [0, 0.1) is 0 Å². The highest BCUT2D eigenvalue weighted by Crippen LogP contribution is 2.48. The van der Waals surface area contributed by atoms with Gasteiger partial charge in [0.05, 0.1) is 22.7 Å². The van der Waals surface area contributed by atoms with Crippen molar-refractivity contribution >= 4 is 55.1 Å². The van der Waals surface area contributed by atoms with Crippen molar-refractivity contribution in [3.05, 3.63) is 48.5 Å². The topological polar surface area (TPSA) is 76.1 Å². The Morgan fingerprint density at radius 2 is 0.738 bits per heavy atom. The summed E-state index contributed by atoms with van der Waals surface area (Å²) in [7, 11) is 0. The molecule has 0 saturated heterocycles. The lowest BCUT2D eigenvalue weighted by Gasteiger charge is -2.23. The van der Waals surface area contributed by atoms with E-state index in [-0.39, 0.29) is 0 Å². The molecule has 0 heterocycles. The molecule has 0 fully saturated rings. The minimum Gasteiger partial charge on any atom is -0.395 e. The molecular formula is C38H56N4. The van der Waals surface area contributed by atoms with Crippen molar-refractivity contribution in [3.63, 3.8) is 0 Å². The third-order valence-electron chi connectivity index (χ3n) is 8.93. The number of hydrogen-bond acceptors (Lipinski definition) is 4. The predicted octanol–water partition coefficient (Wildman–Crippen LogP) is 11.4. The van der Waals surface area contributed by atoms with E-state index in [0.29, 0.717) is 11.4 Å². The van der Waals surface area contributed by atoms with Crippen LogP contribution < -0.4 is 22.1 Å². The second-order valence-electron chi connectivity index (χ2n) is 12.2. The highest BCUT2D eigenvalue weighted by atomic mass is 14.9. The van der Waals surface area contributed by atoms with Crippen LogP contribution in [0.5, 0.6) is 0 Å². The Kier molecular flexibility index (Phi) is 12.9. The third kappa shape index (κ3) is 8.02. The molecule has 0 aliphatic carbocycles. The molecule has 4 aromatic rings. The normalized spacial score (nSPS) is 11.6. The first-order valence-electron chi connectivity index (χ1n) is 17.1. The van der Waals surface area contributed by atoms with E-state index >= 15 is 0 Å². The lowest BCUT2D eigenvalue weighted by molar-refractivity contribution is 0.581. The minimum atomic E-state index is 0.668. The van der Waals surface area contributed by atoms with Crippen LogP contribution in [-0.4, -0.2) is 13.1 Å². The molecule has 0 spiro atoms. The first kappa shape index (κ1) is 31.8. The van der Waals surface area contributed by atoms with Gasteiger partial charge in [-0.1, -0.05) is 152 Å². The molecule has 6 N–H and O–H groups in total. The van der Waals surface area contributed by atoms with E-state index < -0.39 is 0 Å². The summed E-state index contributed by atoms with van der Waals surface area (Å²) in [5.41, 5.74) is 17.1. The second kappa shape index (κ2) is 17.1. The lowest BCUT2D eigenvalue weighted by Crippen LogP contribution is -2.11. The molecule has 4 aromatic carbocycles. The molecule has 0 atom stereocenters. The van der Waals surface area contributed by atoms with E-state index in [0.717, 1.165) is 37.3 Å². The van der Waals surface area contributed by atoms with Gasteiger partial charge < -0.3 is 22.1 Å². The summed E-state index contributed by atoms with van der Waals surface area (Å²) >= 11 is 0. The van der Waals surface area contributed by atoms with Gasteiger partial charge in [0.25, 0.3) is 0 Å². The fourth-order valence-corrected chi connectivity index (χ4v) is 6.51. The Hall–Kier alpha value is -3.14. The number of hydrogen-bond donors (Lipinski definition) is 4. The quantitative estimate of drug-likeness (QED) is 0.0486. The Balaban J connectivity index is 1.58. The van der Waals surface area contributed by atoms with Crippen molar-refractivity contribution in [1.29, 1.82) is 0 Å². The smallest absolute Gasteiger partial charge is 0.0811 e. The van der Waals surface area contributed by atoms with E-state index in [9.17, 15) is 0 Å². The first-order chi connectivity index (χ1) is 20.7. The van der Waals surface area contributed by atoms with Crippen molar-refractivity contribution in [2.24, 2.45) is 0 Å². The predicted molar refractivity (Wildman–Crippen MR) is 190 cm³/mol. The molecule has 4 rings (SSSR count). The van der Waals surface area contributed by atoms with Crippen LogP contribution >= 0.6 is 0 Å². The zero-order chi connectivity index (χ0) is 29.6. The number of rotatable bonds is 20. The van der Waals surface area contributed by atoms with Gasteiger partial charge in [-0.3, -0.25) is 0 Å². The van der Waals surface area contributed by atoms with Gasteiger partial charge in [0.1, 0.15) is 0 Å².